The van der Waals surface area contributed by atoms with Crippen molar-refractivity contribution >= 4 is 5.69 Å². The smallest absolute Gasteiger partial charge is 0.0407 e. The molecule has 0 N–H and O–H groups in total. The molecule has 0 amide bonds. The van der Waals surface area contributed by atoms with Crippen LogP contribution in [0.4, 0.5) is 5.69 Å². The minimum absolute atomic E-state index is 0.174. The fourth-order valence-corrected chi connectivity index (χ4v) is 1.87. The Bertz CT molecular complexity index is 349. The Kier molecular flexibility index (Phi) is 3.05. The van der Waals surface area contributed by atoms with E-state index in [-0.39, 0.29) is 6.04 Å². The number of anilines is 1. The lowest BCUT2D eigenvalue weighted by molar-refractivity contribution is 0.499. The Morgan fingerprint density at radius 1 is 1.33 bits per heavy atom. The van der Waals surface area contributed by atoms with E-state index in [1.165, 1.54) is 5.69 Å². The van der Waals surface area contributed by atoms with Gasteiger partial charge in [-0.3, -0.25) is 4.98 Å². The highest BCUT2D eigenvalue weighted by Gasteiger charge is 2.17. The molecule has 2 rings (SSSR count). The van der Waals surface area contributed by atoms with E-state index in [0.29, 0.717) is 0 Å². The zero-order valence-electron chi connectivity index (χ0n) is 8.45. The lowest BCUT2D eigenvalue weighted by Gasteiger charge is -2.31. The molecule has 1 aliphatic rings. The Morgan fingerprint density at radius 2 is 2.00 bits per heavy atom. The molecule has 0 atom stereocenters. The Morgan fingerprint density at radius 3 is 2.60 bits per heavy atom. The molecule has 2 heterocycles. The van der Waals surface area contributed by atoms with Crippen LogP contribution in [0.15, 0.2) is 29.6 Å². The molecule has 0 bridgehead atoms. The SMILES string of the molecule is [N-]=[N+]=NC1CCN(c2ccncc2)CC1. The van der Waals surface area contributed by atoms with Crippen molar-refractivity contribution in [1.82, 2.24) is 4.98 Å². The monoisotopic (exact) mass is 203 g/mol. The molecular weight excluding hydrogens is 190 g/mol. The molecule has 0 aliphatic carbocycles. The Hall–Kier alpha value is -1.74. The molecule has 0 aromatic carbocycles. The van der Waals surface area contributed by atoms with Gasteiger partial charge in [0.1, 0.15) is 0 Å². The van der Waals surface area contributed by atoms with E-state index < -0.39 is 0 Å². The van der Waals surface area contributed by atoms with E-state index in [9.17, 15) is 0 Å². The molecule has 0 radical (unpaired) electrons. The summed E-state index contributed by atoms with van der Waals surface area (Å²) in [5.41, 5.74) is 9.54. The highest BCUT2D eigenvalue weighted by Crippen LogP contribution is 2.20. The summed E-state index contributed by atoms with van der Waals surface area (Å²) in [6, 6.07) is 4.19. The normalized spacial score (nSPS) is 17.2. The van der Waals surface area contributed by atoms with Crippen LogP contribution in [-0.4, -0.2) is 24.1 Å². The third-order valence-corrected chi connectivity index (χ3v) is 2.71. The number of pyridine rings is 1. The van der Waals surface area contributed by atoms with Crippen molar-refractivity contribution in [2.75, 3.05) is 18.0 Å². The topological polar surface area (TPSA) is 64.9 Å². The minimum atomic E-state index is 0.174. The predicted molar refractivity (Wildman–Crippen MR) is 58.6 cm³/mol. The summed E-state index contributed by atoms with van der Waals surface area (Å²) < 4.78 is 0. The average Bonchev–Trinajstić information content (AvgIpc) is 2.32. The van der Waals surface area contributed by atoms with Crippen molar-refractivity contribution in [1.29, 1.82) is 0 Å². The standard InChI is InChI=1S/C10H13N5/c11-14-13-9-3-7-15(8-4-9)10-1-5-12-6-2-10/h1-2,5-6,9H,3-4,7-8H2. The van der Waals surface area contributed by atoms with Crippen LogP contribution in [0.2, 0.25) is 0 Å². The summed E-state index contributed by atoms with van der Waals surface area (Å²) in [7, 11) is 0. The number of hydrogen-bond donors (Lipinski definition) is 0. The van der Waals surface area contributed by atoms with Crippen LogP contribution in [0.1, 0.15) is 12.8 Å². The fourth-order valence-electron chi connectivity index (χ4n) is 1.87. The molecule has 1 saturated heterocycles. The van der Waals surface area contributed by atoms with Gasteiger partial charge in [0.25, 0.3) is 0 Å². The molecular formula is C10H13N5. The molecule has 0 unspecified atom stereocenters. The van der Waals surface area contributed by atoms with Gasteiger partial charge < -0.3 is 4.90 Å². The van der Waals surface area contributed by atoms with Crippen LogP contribution >= 0.6 is 0 Å². The molecule has 5 heteroatoms. The zero-order chi connectivity index (χ0) is 10.5. The van der Waals surface area contributed by atoms with E-state index in [1.807, 2.05) is 12.1 Å². The van der Waals surface area contributed by atoms with Gasteiger partial charge in [0.2, 0.25) is 0 Å². The number of nitrogens with zero attached hydrogens (tertiary/aromatic N) is 5. The van der Waals surface area contributed by atoms with Gasteiger partial charge in [-0.2, -0.15) is 0 Å². The van der Waals surface area contributed by atoms with E-state index >= 15 is 0 Å². The number of rotatable bonds is 2. The molecule has 1 fully saturated rings. The summed E-state index contributed by atoms with van der Waals surface area (Å²) in [6.45, 7) is 1.90. The molecule has 1 aromatic rings. The first-order chi connectivity index (χ1) is 7.40. The fraction of sp³-hybridized carbons (Fsp3) is 0.500. The maximum atomic E-state index is 8.34. The molecule has 1 aromatic heterocycles. The van der Waals surface area contributed by atoms with Gasteiger partial charge >= 0.3 is 0 Å². The maximum absolute atomic E-state index is 8.34. The highest BCUT2D eigenvalue weighted by molar-refractivity contribution is 5.44. The van der Waals surface area contributed by atoms with Gasteiger partial charge in [0, 0.05) is 42.1 Å². The second-order valence-corrected chi connectivity index (χ2v) is 3.63. The summed E-state index contributed by atoms with van der Waals surface area (Å²) >= 11 is 0. The largest absolute Gasteiger partial charge is 0.371 e. The lowest BCUT2D eigenvalue weighted by atomic mass is 10.1. The van der Waals surface area contributed by atoms with Crippen molar-refractivity contribution in [3.05, 3.63) is 35.0 Å². The Balaban J connectivity index is 1.97. The molecule has 0 saturated carbocycles. The first-order valence-electron chi connectivity index (χ1n) is 5.09. The number of aromatic nitrogens is 1. The minimum Gasteiger partial charge on any atom is -0.371 e. The lowest BCUT2D eigenvalue weighted by Crippen LogP contribution is -2.35. The highest BCUT2D eigenvalue weighted by atomic mass is 15.2. The van der Waals surface area contributed by atoms with Gasteiger partial charge in [-0.05, 0) is 30.5 Å². The maximum Gasteiger partial charge on any atom is 0.0407 e. The van der Waals surface area contributed by atoms with E-state index in [2.05, 4.69) is 19.9 Å². The van der Waals surface area contributed by atoms with Crippen LogP contribution in [0, 0.1) is 0 Å². The van der Waals surface area contributed by atoms with Gasteiger partial charge in [-0.15, -0.1) is 0 Å². The third kappa shape index (κ3) is 2.39. The predicted octanol–water partition coefficient (Wildman–Crippen LogP) is 2.36. The number of piperidine rings is 1. The van der Waals surface area contributed by atoms with Crippen LogP contribution in [0.25, 0.3) is 10.4 Å². The molecule has 0 spiro atoms. The van der Waals surface area contributed by atoms with Gasteiger partial charge in [-0.25, -0.2) is 0 Å². The van der Waals surface area contributed by atoms with Crippen LogP contribution in [-0.2, 0) is 0 Å². The van der Waals surface area contributed by atoms with Crippen LogP contribution in [0.5, 0.6) is 0 Å². The van der Waals surface area contributed by atoms with Gasteiger partial charge in [-0.1, -0.05) is 5.11 Å². The van der Waals surface area contributed by atoms with Crippen molar-refractivity contribution in [2.24, 2.45) is 5.11 Å². The Labute approximate surface area is 88.4 Å². The van der Waals surface area contributed by atoms with Crippen molar-refractivity contribution in [3.63, 3.8) is 0 Å². The van der Waals surface area contributed by atoms with E-state index in [4.69, 9.17) is 5.53 Å². The van der Waals surface area contributed by atoms with Gasteiger partial charge in [0.05, 0.1) is 0 Å². The summed E-state index contributed by atoms with van der Waals surface area (Å²) in [6.07, 6.45) is 5.47. The number of hydrogen-bond acceptors (Lipinski definition) is 3. The van der Waals surface area contributed by atoms with Crippen molar-refractivity contribution < 1.29 is 0 Å². The second kappa shape index (κ2) is 4.66. The first kappa shape index (κ1) is 9.80. The number of azide groups is 1. The first-order valence-corrected chi connectivity index (χ1v) is 5.09. The third-order valence-electron chi connectivity index (χ3n) is 2.71. The van der Waals surface area contributed by atoms with Crippen LogP contribution in [0.3, 0.4) is 0 Å². The zero-order valence-corrected chi connectivity index (χ0v) is 8.45. The van der Waals surface area contributed by atoms with E-state index in [0.717, 1.165) is 25.9 Å². The summed E-state index contributed by atoms with van der Waals surface area (Å²) in [4.78, 5) is 9.14. The van der Waals surface area contributed by atoms with Crippen molar-refractivity contribution in [3.8, 4) is 0 Å². The molecule has 1 aliphatic heterocycles. The summed E-state index contributed by atoms with van der Waals surface area (Å²) in [5, 5.41) is 3.75. The average molecular weight is 203 g/mol. The summed E-state index contributed by atoms with van der Waals surface area (Å²) in [5.74, 6) is 0. The molecule has 15 heavy (non-hydrogen) atoms. The van der Waals surface area contributed by atoms with Gasteiger partial charge in [0.15, 0.2) is 0 Å². The molecule has 78 valence electrons. The molecule has 5 nitrogen and oxygen atoms in total. The van der Waals surface area contributed by atoms with E-state index in [1.54, 1.807) is 12.4 Å². The quantitative estimate of drug-likeness (QED) is 0.420. The second-order valence-electron chi connectivity index (χ2n) is 3.63. The van der Waals surface area contributed by atoms with Crippen LogP contribution < -0.4 is 4.90 Å². The van der Waals surface area contributed by atoms with Crippen molar-refractivity contribution in [2.45, 2.75) is 18.9 Å².